The van der Waals surface area contributed by atoms with Gasteiger partial charge < -0.3 is 9.80 Å². The third-order valence-corrected chi connectivity index (χ3v) is 8.97. The number of amides is 1. The summed E-state index contributed by atoms with van der Waals surface area (Å²) in [6.45, 7) is 13.2. The molecule has 0 bridgehead atoms. The Balaban J connectivity index is 1.16. The Bertz CT molecular complexity index is 1180. The average Bonchev–Trinajstić information content (AvgIpc) is 3.40. The molecule has 1 amide bonds. The van der Waals surface area contributed by atoms with Gasteiger partial charge in [-0.25, -0.2) is 4.98 Å². The second kappa shape index (κ2) is 13.1. The molecular weight excluding hydrogens is 500 g/mol. The Morgan fingerprint density at radius 2 is 1.75 bits per heavy atom. The van der Waals surface area contributed by atoms with Crippen LogP contribution < -0.4 is 10.4 Å². The number of anilines is 1. The highest BCUT2D eigenvalue weighted by Crippen LogP contribution is 2.31. The first-order valence-corrected chi connectivity index (χ1v) is 14.9. The molecule has 0 radical (unpaired) electrons. The lowest BCUT2D eigenvalue weighted by Crippen LogP contribution is -2.49. The fourth-order valence-corrected chi connectivity index (χ4v) is 6.39. The van der Waals surface area contributed by atoms with Crippen molar-refractivity contribution < 1.29 is 4.79 Å². The monoisotopic (exact) mass is 544 g/mol. The Morgan fingerprint density at radius 3 is 2.40 bits per heavy atom. The zero-order valence-electron chi connectivity index (χ0n) is 24.3. The minimum atomic E-state index is -0.162. The highest BCUT2D eigenvalue weighted by molar-refractivity contribution is 5.95. The minimum absolute atomic E-state index is 0.109. The minimum Gasteiger partial charge on any atom is -0.306 e. The summed E-state index contributed by atoms with van der Waals surface area (Å²) in [5.41, 5.74) is 5.80. The van der Waals surface area contributed by atoms with Crippen LogP contribution in [0.3, 0.4) is 0 Å². The van der Waals surface area contributed by atoms with Gasteiger partial charge in [-0.3, -0.25) is 20.1 Å². The number of hydrogen-bond acceptors (Lipinski definition) is 8. The van der Waals surface area contributed by atoms with E-state index in [4.69, 9.17) is 0 Å². The van der Waals surface area contributed by atoms with Gasteiger partial charge in [0.15, 0.2) is 5.82 Å². The molecule has 2 saturated heterocycles. The van der Waals surface area contributed by atoms with Gasteiger partial charge in [-0.05, 0) is 88.7 Å². The van der Waals surface area contributed by atoms with Crippen molar-refractivity contribution in [3.63, 3.8) is 0 Å². The number of rotatable bonds is 8. The molecule has 0 spiro atoms. The van der Waals surface area contributed by atoms with Gasteiger partial charge >= 0.3 is 0 Å². The molecule has 3 fully saturated rings. The van der Waals surface area contributed by atoms with E-state index in [-0.39, 0.29) is 17.8 Å². The van der Waals surface area contributed by atoms with Crippen LogP contribution >= 0.6 is 0 Å². The van der Waals surface area contributed by atoms with Crippen molar-refractivity contribution in [2.45, 2.75) is 58.5 Å². The quantitative estimate of drug-likeness (QED) is 0.506. The van der Waals surface area contributed by atoms with Gasteiger partial charge in [-0.2, -0.15) is 10.2 Å². The van der Waals surface area contributed by atoms with E-state index in [1.807, 2.05) is 30.1 Å². The molecule has 5 rings (SSSR count). The van der Waals surface area contributed by atoms with Gasteiger partial charge in [0.2, 0.25) is 5.82 Å². The van der Waals surface area contributed by atoms with Crippen molar-refractivity contribution in [2.24, 2.45) is 11.8 Å². The van der Waals surface area contributed by atoms with Gasteiger partial charge in [-0.15, -0.1) is 0 Å². The van der Waals surface area contributed by atoms with Crippen LogP contribution in [0.4, 0.5) is 5.82 Å². The summed E-state index contributed by atoms with van der Waals surface area (Å²) in [7, 11) is 2.23. The molecule has 1 N–H and O–H groups in total. The Labute approximate surface area is 239 Å². The van der Waals surface area contributed by atoms with Crippen molar-refractivity contribution >= 4 is 11.7 Å². The maximum Gasteiger partial charge on any atom is 0.269 e. The molecule has 3 heterocycles. The SMILES string of the molecule is Cc1cnc(C#N)nc1N(NC(=O)c1ccc(CN2CCN(CC3CCN(C)CC3)CC2)cc1)C1CCC(C)C1. The van der Waals surface area contributed by atoms with Crippen molar-refractivity contribution in [2.75, 3.05) is 57.9 Å². The molecular formula is C31H44N8O. The van der Waals surface area contributed by atoms with Gasteiger partial charge in [0, 0.05) is 56.6 Å². The number of nitrogens with zero attached hydrogens (tertiary/aromatic N) is 7. The van der Waals surface area contributed by atoms with Crippen LogP contribution in [0.25, 0.3) is 0 Å². The largest absolute Gasteiger partial charge is 0.306 e. The van der Waals surface area contributed by atoms with Crippen LogP contribution in [0.1, 0.15) is 66.3 Å². The summed E-state index contributed by atoms with van der Waals surface area (Å²) in [4.78, 5) is 29.5. The number of hydrazine groups is 1. The zero-order chi connectivity index (χ0) is 28.1. The molecule has 9 nitrogen and oxygen atoms in total. The molecule has 3 aliphatic rings. The summed E-state index contributed by atoms with van der Waals surface area (Å²) < 4.78 is 0. The Morgan fingerprint density at radius 1 is 1.05 bits per heavy atom. The standard InChI is InChI=1S/C31H44N8O/c1-23-4-9-28(18-23)39(30-24(2)20-33-29(19-32)34-30)35-31(40)27-7-5-25(6-8-27)21-37-14-16-38(17-15-37)22-26-10-12-36(3)13-11-26/h5-8,20,23,26,28H,4,9-18,21-22H2,1-3H3,(H,35,40). The van der Waals surface area contributed by atoms with Gasteiger partial charge in [0.25, 0.3) is 5.91 Å². The number of nitriles is 1. The first kappa shape index (κ1) is 28.5. The summed E-state index contributed by atoms with van der Waals surface area (Å²) in [6, 6.07) is 10.2. The fourth-order valence-electron chi connectivity index (χ4n) is 6.39. The molecule has 2 atom stereocenters. The number of aromatic nitrogens is 2. The van der Waals surface area contributed by atoms with Crippen LogP contribution in [-0.2, 0) is 6.54 Å². The molecule has 1 saturated carbocycles. The summed E-state index contributed by atoms with van der Waals surface area (Å²) >= 11 is 0. The maximum absolute atomic E-state index is 13.4. The number of piperazine rings is 1. The number of carbonyl (C=O) groups is 1. The Kier molecular flexibility index (Phi) is 9.30. The number of nitrogens with one attached hydrogen (secondary N) is 1. The van der Waals surface area contributed by atoms with Gasteiger partial charge in [0.05, 0.1) is 6.04 Å². The summed E-state index contributed by atoms with van der Waals surface area (Å²) in [5.74, 6) is 1.98. The van der Waals surface area contributed by atoms with E-state index in [9.17, 15) is 10.1 Å². The van der Waals surface area contributed by atoms with E-state index in [2.05, 4.69) is 56.2 Å². The van der Waals surface area contributed by atoms with E-state index in [1.165, 1.54) is 38.0 Å². The number of carbonyl (C=O) groups excluding carboxylic acids is 1. The number of piperidine rings is 1. The van der Waals surface area contributed by atoms with Crippen molar-refractivity contribution in [3.8, 4) is 6.07 Å². The van der Waals surface area contributed by atoms with E-state index < -0.39 is 0 Å². The smallest absolute Gasteiger partial charge is 0.269 e. The third kappa shape index (κ3) is 7.17. The molecule has 40 heavy (non-hydrogen) atoms. The summed E-state index contributed by atoms with van der Waals surface area (Å²) in [5, 5.41) is 11.2. The second-order valence-electron chi connectivity index (χ2n) is 12.2. The normalized spacial score (nSPS) is 23.1. The maximum atomic E-state index is 13.4. The topological polar surface area (TPSA) is 91.6 Å². The Hall–Kier alpha value is -3.06. The predicted octanol–water partition coefficient (Wildman–Crippen LogP) is 3.46. The zero-order valence-corrected chi connectivity index (χ0v) is 24.3. The molecule has 2 aliphatic heterocycles. The molecule has 1 aliphatic carbocycles. The number of aryl methyl sites for hydroxylation is 1. The number of likely N-dealkylation sites (tertiary alicyclic amines) is 1. The second-order valence-corrected chi connectivity index (χ2v) is 12.2. The predicted molar refractivity (Wildman–Crippen MR) is 157 cm³/mol. The van der Waals surface area contributed by atoms with Crippen LogP contribution in [0, 0.1) is 30.1 Å². The lowest BCUT2D eigenvalue weighted by atomic mass is 9.96. The lowest BCUT2D eigenvalue weighted by molar-refractivity contribution is 0.0942. The molecule has 1 aromatic heterocycles. The molecule has 2 unspecified atom stereocenters. The van der Waals surface area contributed by atoms with Crippen molar-refractivity contribution in [3.05, 3.63) is 53.0 Å². The van der Waals surface area contributed by atoms with Crippen LogP contribution in [0.2, 0.25) is 0 Å². The first-order chi connectivity index (χ1) is 19.4. The van der Waals surface area contributed by atoms with E-state index in [0.717, 1.165) is 63.5 Å². The van der Waals surface area contributed by atoms with Gasteiger partial charge in [0.1, 0.15) is 6.07 Å². The van der Waals surface area contributed by atoms with E-state index in [0.29, 0.717) is 17.3 Å². The highest BCUT2D eigenvalue weighted by atomic mass is 16.2. The molecule has 2 aromatic rings. The van der Waals surface area contributed by atoms with Gasteiger partial charge in [-0.1, -0.05) is 19.1 Å². The lowest BCUT2D eigenvalue weighted by Gasteiger charge is -2.38. The number of hydrogen-bond donors (Lipinski definition) is 1. The summed E-state index contributed by atoms with van der Waals surface area (Å²) in [6.07, 6.45) is 7.35. The first-order valence-electron chi connectivity index (χ1n) is 14.9. The molecule has 214 valence electrons. The van der Waals surface area contributed by atoms with Crippen molar-refractivity contribution in [1.29, 1.82) is 5.26 Å². The van der Waals surface area contributed by atoms with Crippen molar-refractivity contribution in [1.82, 2.24) is 30.1 Å². The van der Waals surface area contributed by atoms with E-state index >= 15 is 0 Å². The van der Waals surface area contributed by atoms with Crippen LogP contribution in [0.15, 0.2) is 30.5 Å². The van der Waals surface area contributed by atoms with Crippen LogP contribution in [-0.4, -0.2) is 89.5 Å². The van der Waals surface area contributed by atoms with Crippen LogP contribution in [0.5, 0.6) is 0 Å². The fraction of sp³-hybridized carbons (Fsp3) is 0.613. The highest BCUT2D eigenvalue weighted by Gasteiger charge is 2.31. The molecule has 1 aromatic carbocycles. The molecule has 9 heteroatoms. The average molecular weight is 545 g/mol. The van der Waals surface area contributed by atoms with E-state index in [1.54, 1.807) is 6.20 Å². The number of benzene rings is 1. The third-order valence-electron chi connectivity index (χ3n) is 8.97.